The Morgan fingerprint density at radius 2 is 2.00 bits per heavy atom. The first-order valence-electron chi connectivity index (χ1n) is 7.78. The average Bonchev–Trinajstić information content (AvgIpc) is 2.46. The summed E-state index contributed by atoms with van der Waals surface area (Å²) in [5.74, 6) is 0.881. The van der Waals surface area contributed by atoms with Crippen molar-refractivity contribution < 1.29 is 4.74 Å². The molecule has 1 aromatic rings. The number of halogens is 1. The lowest BCUT2D eigenvalue weighted by Gasteiger charge is -2.26. The highest BCUT2D eigenvalue weighted by molar-refractivity contribution is 9.10. The number of nitrogens with one attached hydrogen (secondary N) is 1. The minimum Gasteiger partial charge on any atom is -0.374 e. The molecule has 0 unspecified atom stereocenters. The van der Waals surface area contributed by atoms with E-state index in [2.05, 4.69) is 53.3 Å². The third-order valence-electron chi connectivity index (χ3n) is 4.13. The molecule has 0 amide bonds. The van der Waals surface area contributed by atoms with E-state index in [4.69, 9.17) is 4.74 Å². The fourth-order valence-corrected chi connectivity index (χ4v) is 3.23. The lowest BCUT2D eigenvalue weighted by atomic mass is 9.89. The first kappa shape index (κ1) is 16.0. The average molecular weight is 340 g/mol. The van der Waals surface area contributed by atoms with E-state index < -0.39 is 0 Å². The highest BCUT2D eigenvalue weighted by Gasteiger charge is 2.18. The zero-order valence-electron chi connectivity index (χ0n) is 12.6. The van der Waals surface area contributed by atoms with Gasteiger partial charge in [0.1, 0.15) is 0 Å². The Labute approximate surface area is 131 Å². The molecule has 112 valence electrons. The Morgan fingerprint density at radius 1 is 1.25 bits per heavy atom. The van der Waals surface area contributed by atoms with Gasteiger partial charge in [0.15, 0.2) is 0 Å². The number of rotatable bonds is 6. The van der Waals surface area contributed by atoms with Gasteiger partial charge in [0.2, 0.25) is 0 Å². The molecule has 0 spiro atoms. The van der Waals surface area contributed by atoms with Crippen LogP contribution in [-0.4, -0.2) is 12.6 Å². The van der Waals surface area contributed by atoms with Gasteiger partial charge in [-0.15, -0.1) is 0 Å². The lowest BCUT2D eigenvalue weighted by Crippen LogP contribution is -2.20. The molecule has 1 aliphatic carbocycles. The third kappa shape index (κ3) is 4.87. The van der Waals surface area contributed by atoms with Crippen LogP contribution in [0.4, 0.5) is 0 Å². The second-order valence-corrected chi connectivity index (χ2v) is 6.75. The predicted molar refractivity (Wildman–Crippen MR) is 87.7 cm³/mol. The van der Waals surface area contributed by atoms with Crippen molar-refractivity contribution in [1.29, 1.82) is 0 Å². The molecule has 1 fully saturated rings. The van der Waals surface area contributed by atoms with Crippen LogP contribution in [0.2, 0.25) is 0 Å². The summed E-state index contributed by atoms with van der Waals surface area (Å²) in [6, 6.07) is 6.57. The van der Waals surface area contributed by atoms with Crippen molar-refractivity contribution in [1.82, 2.24) is 5.32 Å². The summed E-state index contributed by atoms with van der Waals surface area (Å²) in [4.78, 5) is 0. The summed E-state index contributed by atoms with van der Waals surface area (Å²) in [6.07, 6.45) is 5.52. The maximum atomic E-state index is 6.07. The molecular weight excluding hydrogens is 314 g/mol. The molecule has 3 heteroatoms. The first-order valence-corrected chi connectivity index (χ1v) is 8.58. The lowest BCUT2D eigenvalue weighted by molar-refractivity contribution is 0.00852. The summed E-state index contributed by atoms with van der Waals surface area (Å²) in [6.45, 7) is 7.12. The Bertz CT molecular complexity index is 413. The fraction of sp³-hybridized carbons (Fsp3) is 0.647. The molecule has 0 aromatic heterocycles. The second-order valence-electron chi connectivity index (χ2n) is 5.90. The van der Waals surface area contributed by atoms with Gasteiger partial charge in [-0.1, -0.05) is 41.9 Å². The number of ether oxygens (including phenoxy) is 1. The maximum Gasteiger partial charge on any atom is 0.0731 e. The van der Waals surface area contributed by atoms with E-state index in [0.29, 0.717) is 6.10 Å². The Balaban J connectivity index is 1.83. The van der Waals surface area contributed by atoms with Crippen LogP contribution in [0.3, 0.4) is 0 Å². The molecule has 2 nitrogen and oxygen atoms in total. The van der Waals surface area contributed by atoms with Gasteiger partial charge in [0.05, 0.1) is 12.7 Å². The molecular formula is C17H26BrNO. The maximum absolute atomic E-state index is 6.07. The van der Waals surface area contributed by atoms with Crippen LogP contribution < -0.4 is 5.32 Å². The normalized spacial score (nSPS) is 22.9. The SMILES string of the molecule is CCNCc1ccc(COC2CCC(C)CC2)c(Br)c1. The summed E-state index contributed by atoms with van der Waals surface area (Å²) < 4.78 is 7.24. The monoisotopic (exact) mass is 339 g/mol. The van der Waals surface area contributed by atoms with Gasteiger partial charge in [-0.3, -0.25) is 0 Å². The van der Waals surface area contributed by atoms with Gasteiger partial charge < -0.3 is 10.1 Å². The molecule has 0 saturated heterocycles. The first-order chi connectivity index (χ1) is 9.69. The quantitative estimate of drug-likeness (QED) is 0.814. The van der Waals surface area contributed by atoms with E-state index in [1.807, 2.05) is 0 Å². The second kappa shape index (κ2) is 8.16. The predicted octanol–water partition coefficient (Wildman–Crippen LogP) is 4.65. The molecule has 0 bridgehead atoms. The molecule has 20 heavy (non-hydrogen) atoms. The van der Waals surface area contributed by atoms with Crippen LogP contribution >= 0.6 is 15.9 Å². The van der Waals surface area contributed by atoms with Crippen molar-refractivity contribution in [3.8, 4) is 0 Å². The van der Waals surface area contributed by atoms with E-state index in [9.17, 15) is 0 Å². The van der Waals surface area contributed by atoms with Gasteiger partial charge in [-0.25, -0.2) is 0 Å². The Hall–Kier alpha value is -0.380. The van der Waals surface area contributed by atoms with E-state index in [1.165, 1.54) is 36.8 Å². The van der Waals surface area contributed by atoms with Crippen LogP contribution in [0.15, 0.2) is 22.7 Å². The molecule has 1 saturated carbocycles. The summed E-state index contributed by atoms with van der Waals surface area (Å²) in [5.41, 5.74) is 2.57. The minimum absolute atomic E-state index is 0.458. The van der Waals surface area contributed by atoms with E-state index in [1.54, 1.807) is 0 Å². The molecule has 0 atom stereocenters. The van der Waals surface area contributed by atoms with Gasteiger partial charge in [-0.2, -0.15) is 0 Å². The van der Waals surface area contributed by atoms with Gasteiger partial charge >= 0.3 is 0 Å². The zero-order valence-corrected chi connectivity index (χ0v) is 14.2. The highest BCUT2D eigenvalue weighted by atomic mass is 79.9. The largest absolute Gasteiger partial charge is 0.374 e. The van der Waals surface area contributed by atoms with E-state index >= 15 is 0 Å². The van der Waals surface area contributed by atoms with Gasteiger partial charge in [0.25, 0.3) is 0 Å². The van der Waals surface area contributed by atoms with E-state index in [0.717, 1.165) is 30.1 Å². The van der Waals surface area contributed by atoms with Crippen molar-refractivity contribution in [3.05, 3.63) is 33.8 Å². The van der Waals surface area contributed by atoms with Crippen LogP contribution in [0.5, 0.6) is 0 Å². The molecule has 0 radical (unpaired) electrons. The van der Waals surface area contributed by atoms with Crippen molar-refractivity contribution in [2.75, 3.05) is 6.54 Å². The van der Waals surface area contributed by atoms with Gasteiger partial charge in [0, 0.05) is 11.0 Å². The molecule has 0 heterocycles. The van der Waals surface area contributed by atoms with Crippen LogP contribution in [0.1, 0.15) is 50.7 Å². The van der Waals surface area contributed by atoms with Gasteiger partial charge in [-0.05, 0) is 55.3 Å². The summed E-state index contributed by atoms with van der Waals surface area (Å²) in [7, 11) is 0. The number of hydrogen-bond donors (Lipinski definition) is 1. The molecule has 1 aromatic carbocycles. The summed E-state index contributed by atoms with van der Waals surface area (Å²) >= 11 is 3.67. The Kier molecular flexibility index (Phi) is 6.53. The highest BCUT2D eigenvalue weighted by Crippen LogP contribution is 2.27. The summed E-state index contributed by atoms with van der Waals surface area (Å²) in [5, 5.41) is 3.35. The number of hydrogen-bond acceptors (Lipinski definition) is 2. The Morgan fingerprint density at radius 3 is 2.65 bits per heavy atom. The molecule has 1 N–H and O–H groups in total. The minimum atomic E-state index is 0.458. The molecule has 0 aliphatic heterocycles. The van der Waals surface area contributed by atoms with E-state index in [-0.39, 0.29) is 0 Å². The third-order valence-corrected chi connectivity index (χ3v) is 4.87. The fourth-order valence-electron chi connectivity index (χ4n) is 2.69. The van der Waals surface area contributed by atoms with Crippen molar-refractivity contribution in [2.45, 2.75) is 58.8 Å². The molecule has 2 rings (SSSR count). The standard InChI is InChI=1S/C17H26BrNO/c1-3-19-11-14-6-7-15(17(18)10-14)12-20-16-8-4-13(2)5-9-16/h6-7,10,13,16,19H,3-5,8-9,11-12H2,1-2H3. The van der Waals surface area contributed by atoms with Crippen LogP contribution in [-0.2, 0) is 17.9 Å². The molecule has 1 aliphatic rings. The topological polar surface area (TPSA) is 21.3 Å². The van der Waals surface area contributed by atoms with Crippen molar-refractivity contribution in [3.63, 3.8) is 0 Å². The van der Waals surface area contributed by atoms with Crippen LogP contribution in [0.25, 0.3) is 0 Å². The smallest absolute Gasteiger partial charge is 0.0731 e. The van der Waals surface area contributed by atoms with Crippen molar-refractivity contribution >= 4 is 15.9 Å². The zero-order chi connectivity index (χ0) is 14.4. The van der Waals surface area contributed by atoms with Crippen molar-refractivity contribution in [2.24, 2.45) is 5.92 Å². The van der Waals surface area contributed by atoms with Crippen LogP contribution in [0, 0.1) is 5.92 Å². The number of benzene rings is 1.